The summed E-state index contributed by atoms with van der Waals surface area (Å²) in [5.41, 5.74) is 1.87. The molecular formula is C20H25BrFNO3. The van der Waals surface area contributed by atoms with Crippen LogP contribution in [0, 0.1) is 5.82 Å². The zero-order valence-electron chi connectivity index (χ0n) is 14.9. The largest absolute Gasteiger partial charge is 0.493 e. The summed E-state index contributed by atoms with van der Waals surface area (Å²) < 4.78 is 25.4. The van der Waals surface area contributed by atoms with Crippen LogP contribution in [0.3, 0.4) is 0 Å². The van der Waals surface area contributed by atoms with E-state index in [1.54, 1.807) is 19.2 Å². The quantitative estimate of drug-likeness (QED) is 0.522. The number of rotatable bonds is 11. The lowest BCUT2D eigenvalue weighted by atomic mass is 10.1. The van der Waals surface area contributed by atoms with E-state index in [1.165, 1.54) is 12.1 Å². The fourth-order valence-corrected chi connectivity index (χ4v) is 3.01. The van der Waals surface area contributed by atoms with E-state index in [-0.39, 0.29) is 12.4 Å². The van der Waals surface area contributed by atoms with Crippen molar-refractivity contribution in [2.45, 2.75) is 32.4 Å². The average Bonchev–Trinajstić information content (AvgIpc) is 2.65. The minimum Gasteiger partial charge on any atom is -0.493 e. The van der Waals surface area contributed by atoms with Gasteiger partial charge in [-0.2, -0.15) is 0 Å². The molecule has 4 nitrogen and oxygen atoms in total. The van der Waals surface area contributed by atoms with Gasteiger partial charge in [-0.05, 0) is 55.6 Å². The lowest BCUT2D eigenvalue weighted by Gasteiger charge is -2.17. The van der Waals surface area contributed by atoms with Crippen LogP contribution in [0.25, 0.3) is 0 Å². The van der Waals surface area contributed by atoms with Crippen LogP contribution in [0.15, 0.2) is 40.9 Å². The first-order valence-corrected chi connectivity index (χ1v) is 9.49. The van der Waals surface area contributed by atoms with Gasteiger partial charge in [0.2, 0.25) is 0 Å². The van der Waals surface area contributed by atoms with Gasteiger partial charge in [-0.15, -0.1) is 0 Å². The summed E-state index contributed by atoms with van der Waals surface area (Å²) in [5.74, 6) is 1.07. The third-order valence-corrected chi connectivity index (χ3v) is 4.74. The van der Waals surface area contributed by atoms with Gasteiger partial charge in [0.05, 0.1) is 7.11 Å². The highest BCUT2D eigenvalue weighted by Gasteiger charge is 2.14. The molecule has 0 saturated heterocycles. The number of nitrogens with one attached hydrogen (secondary N) is 1. The molecule has 0 aliphatic carbocycles. The summed E-state index contributed by atoms with van der Waals surface area (Å²) in [6.07, 6.45) is 2.83. The van der Waals surface area contributed by atoms with E-state index in [2.05, 4.69) is 21.2 Å². The number of aliphatic hydroxyl groups is 1. The summed E-state index contributed by atoms with van der Waals surface area (Å²) in [6, 6.07) is 10.1. The van der Waals surface area contributed by atoms with Gasteiger partial charge in [0.25, 0.3) is 0 Å². The van der Waals surface area contributed by atoms with E-state index < -0.39 is 0 Å². The summed E-state index contributed by atoms with van der Waals surface area (Å²) in [7, 11) is 1.61. The number of methoxy groups -OCH3 is 1. The zero-order valence-corrected chi connectivity index (χ0v) is 16.5. The Morgan fingerprint density at radius 2 is 1.85 bits per heavy atom. The number of halogens is 2. The smallest absolute Gasteiger partial charge is 0.167 e. The second-order valence-corrected chi connectivity index (χ2v) is 6.79. The molecule has 0 spiro atoms. The predicted molar refractivity (Wildman–Crippen MR) is 104 cm³/mol. The number of benzene rings is 2. The molecule has 6 heteroatoms. The maximum Gasteiger partial charge on any atom is 0.167 e. The fraction of sp³-hybridized carbons (Fsp3) is 0.400. The molecule has 0 radical (unpaired) electrons. The van der Waals surface area contributed by atoms with Crippen molar-refractivity contribution >= 4 is 15.9 Å². The summed E-state index contributed by atoms with van der Waals surface area (Å²) in [4.78, 5) is 0. The topological polar surface area (TPSA) is 50.7 Å². The molecule has 0 fully saturated rings. The van der Waals surface area contributed by atoms with Crippen molar-refractivity contribution in [3.05, 3.63) is 57.8 Å². The minimum absolute atomic E-state index is 0.239. The molecule has 0 saturated carbocycles. The van der Waals surface area contributed by atoms with Gasteiger partial charge in [-0.25, -0.2) is 4.39 Å². The molecule has 0 bridgehead atoms. The minimum atomic E-state index is -0.264. The first kappa shape index (κ1) is 20.7. The molecule has 0 unspecified atom stereocenters. The highest BCUT2D eigenvalue weighted by atomic mass is 79.9. The second kappa shape index (κ2) is 11.2. The molecule has 0 amide bonds. The first-order valence-electron chi connectivity index (χ1n) is 8.70. The Bertz CT molecular complexity index is 680. The number of unbranched alkanes of at least 4 members (excludes halogenated alkanes) is 2. The lowest BCUT2D eigenvalue weighted by molar-refractivity contribution is 0.279. The van der Waals surface area contributed by atoms with Gasteiger partial charge in [-0.3, -0.25) is 0 Å². The molecule has 2 N–H and O–H groups in total. The highest BCUT2D eigenvalue weighted by molar-refractivity contribution is 9.10. The second-order valence-electron chi connectivity index (χ2n) is 5.93. The van der Waals surface area contributed by atoms with Gasteiger partial charge in [0.1, 0.15) is 12.4 Å². The Kier molecular flexibility index (Phi) is 8.88. The van der Waals surface area contributed by atoms with E-state index in [4.69, 9.17) is 14.6 Å². The third kappa shape index (κ3) is 6.27. The van der Waals surface area contributed by atoms with Gasteiger partial charge in [-0.1, -0.05) is 28.1 Å². The fourth-order valence-electron chi connectivity index (χ4n) is 2.55. The van der Waals surface area contributed by atoms with Crippen LogP contribution < -0.4 is 14.8 Å². The van der Waals surface area contributed by atoms with Crippen molar-refractivity contribution in [3.8, 4) is 11.5 Å². The number of aliphatic hydroxyl groups excluding tert-OH is 1. The van der Waals surface area contributed by atoms with Gasteiger partial charge in [0, 0.05) is 23.2 Å². The van der Waals surface area contributed by atoms with Crippen molar-refractivity contribution in [2.24, 2.45) is 0 Å². The Balaban J connectivity index is 2.04. The number of ether oxygens (including phenoxy) is 2. The maximum absolute atomic E-state index is 13.0. The van der Waals surface area contributed by atoms with E-state index in [0.717, 1.165) is 41.4 Å². The van der Waals surface area contributed by atoms with Crippen LogP contribution in [0.2, 0.25) is 0 Å². The van der Waals surface area contributed by atoms with Gasteiger partial charge < -0.3 is 19.9 Å². The number of hydrogen-bond acceptors (Lipinski definition) is 4. The molecule has 26 heavy (non-hydrogen) atoms. The van der Waals surface area contributed by atoms with Crippen LogP contribution in [-0.4, -0.2) is 25.4 Å². The predicted octanol–water partition coefficient (Wildman–Crippen LogP) is 4.43. The average molecular weight is 426 g/mol. The molecule has 142 valence electrons. The van der Waals surface area contributed by atoms with Crippen molar-refractivity contribution in [1.82, 2.24) is 5.32 Å². The van der Waals surface area contributed by atoms with Crippen molar-refractivity contribution in [3.63, 3.8) is 0 Å². The van der Waals surface area contributed by atoms with Crippen molar-refractivity contribution in [2.75, 3.05) is 20.3 Å². The molecule has 0 aliphatic heterocycles. The van der Waals surface area contributed by atoms with Crippen LogP contribution >= 0.6 is 15.9 Å². The van der Waals surface area contributed by atoms with Crippen molar-refractivity contribution in [1.29, 1.82) is 0 Å². The Hall–Kier alpha value is -1.63. The van der Waals surface area contributed by atoms with Gasteiger partial charge >= 0.3 is 0 Å². The monoisotopic (exact) mass is 425 g/mol. The zero-order chi connectivity index (χ0) is 18.8. The Morgan fingerprint density at radius 3 is 2.54 bits per heavy atom. The standard InChI is InChI=1S/C20H25BrFNO3/c1-25-19-10-9-18(21)17(13-23-11-3-2-4-12-24)20(19)26-14-15-5-7-16(22)8-6-15/h5-10,23-24H,2-4,11-14H2,1H3. The van der Waals surface area contributed by atoms with E-state index in [1.807, 2.05) is 12.1 Å². The molecule has 0 aliphatic rings. The molecule has 0 aromatic heterocycles. The molecular weight excluding hydrogens is 401 g/mol. The summed E-state index contributed by atoms with van der Waals surface area (Å²) in [6.45, 7) is 2.07. The van der Waals surface area contributed by atoms with Crippen LogP contribution in [-0.2, 0) is 13.2 Å². The van der Waals surface area contributed by atoms with Crippen molar-refractivity contribution < 1.29 is 19.0 Å². The molecule has 2 aromatic carbocycles. The molecule has 2 aromatic rings. The molecule has 2 rings (SSSR count). The van der Waals surface area contributed by atoms with Gasteiger partial charge in [0.15, 0.2) is 11.5 Å². The Labute approximate surface area is 162 Å². The maximum atomic E-state index is 13.0. The van der Waals surface area contributed by atoms with Crippen LogP contribution in [0.4, 0.5) is 4.39 Å². The van der Waals surface area contributed by atoms with Crippen LogP contribution in [0.1, 0.15) is 30.4 Å². The summed E-state index contributed by atoms with van der Waals surface area (Å²) >= 11 is 3.58. The third-order valence-electron chi connectivity index (χ3n) is 4.00. The van der Waals surface area contributed by atoms with Crippen LogP contribution in [0.5, 0.6) is 11.5 Å². The summed E-state index contributed by atoms with van der Waals surface area (Å²) in [5, 5.41) is 12.2. The Morgan fingerprint density at radius 1 is 1.08 bits per heavy atom. The first-order chi connectivity index (χ1) is 12.7. The van der Waals surface area contributed by atoms with E-state index in [9.17, 15) is 4.39 Å². The van der Waals surface area contributed by atoms with E-state index in [0.29, 0.717) is 24.7 Å². The lowest BCUT2D eigenvalue weighted by Crippen LogP contribution is -2.16. The molecule has 0 heterocycles. The molecule has 0 atom stereocenters. The van der Waals surface area contributed by atoms with E-state index >= 15 is 0 Å². The highest BCUT2D eigenvalue weighted by Crippen LogP contribution is 2.36. The number of hydrogen-bond donors (Lipinski definition) is 2. The normalized spacial score (nSPS) is 10.8. The SMILES string of the molecule is COc1ccc(Br)c(CNCCCCCO)c1OCc1ccc(F)cc1.